The van der Waals surface area contributed by atoms with E-state index >= 15 is 0 Å². The molecule has 0 atom stereocenters. The van der Waals surface area contributed by atoms with Crippen LogP contribution in [0, 0.1) is 13.8 Å². The van der Waals surface area contributed by atoms with E-state index in [0.717, 1.165) is 19.4 Å². The molecule has 148 valence electrons. The number of nitrogen functional groups attached to an aromatic ring is 2. The number of rotatable bonds is 0. The molecule has 0 bridgehead atoms. The number of likely N-dealkylation sites (tertiary alicyclic amines) is 1. The second kappa shape index (κ2) is 10.2. The molecule has 0 spiro atoms. The first kappa shape index (κ1) is 22.8. The molecule has 1 saturated heterocycles. The fourth-order valence-electron chi connectivity index (χ4n) is 1.97. The summed E-state index contributed by atoms with van der Waals surface area (Å²) < 4.78 is 0.864. The number of nitrogens with two attached hydrogens (primary N) is 2. The molecule has 2 aromatic heterocycles. The van der Waals surface area contributed by atoms with Gasteiger partial charge in [-0.05, 0) is 52.1 Å². The lowest BCUT2D eigenvalue weighted by atomic mass is 10.4. The Hall–Kier alpha value is -2.21. The van der Waals surface area contributed by atoms with Crippen molar-refractivity contribution in [3.63, 3.8) is 0 Å². The highest BCUT2D eigenvalue weighted by molar-refractivity contribution is 9.10. The van der Waals surface area contributed by atoms with E-state index < -0.39 is 0 Å². The highest BCUT2D eigenvalue weighted by atomic mass is 79.9. The lowest BCUT2D eigenvalue weighted by Gasteiger charge is -2.03. The van der Waals surface area contributed by atoms with Gasteiger partial charge in [0.1, 0.15) is 8.95 Å². The lowest BCUT2D eigenvalue weighted by Crippen LogP contribution is -2.17. The van der Waals surface area contributed by atoms with Crippen molar-refractivity contribution in [2.75, 3.05) is 25.1 Å². The molecule has 3 heterocycles. The van der Waals surface area contributed by atoms with Gasteiger partial charge in [0.25, 0.3) is 11.1 Å². The molecule has 0 aromatic carbocycles. The zero-order valence-corrected chi connectivity index (χ0v) is 18.3. The molecule has 1 aliphatic heterocycles. The summed E-state index contributed by atoms with van der Waals surface area (Å²) in [5.41, 5.74) is 11.2. The smallest absolute Gasteiger partial charge is 0.266 e. The topological polar surface area (TPSA) is 164 Å². The van der Waals surface area contributed by atoms with Crippen LogP contribution in [0.15, 0.2) is 18.5 Å². The molecule has 1 aliphatic rings. The standard InChI is InChI=1S/2C5H6BrN3O.C5H9NO/c2*1-2-3(6)4(10)9-5(7)8-2;1-6-4-2-3-5(6)7/h2*1H3,(H3,7,8,9,10);2-4H2,1H3. The predicted molar refractivity (Wildman–Crippen MR) is 110 cm³/mol. The van der Waals surface area contributed by atoms with Crippen LogP contribution >= 0.6 is 31.9 Å². The maximum Gasteiger partial charge on any atom is 0.266 e. The quantitative estimate of drug-likeness (QED) is 0.415. The number of amides is 1. The number of halogens is 2. The van der Waals surface area contributed by atoms with Gasteiger partial charge in [0, 0.05) is 20.0 Å². The number of nitrogens with zero attached hydrogens (tertiary/aromatic N) is 3. The van der Waals surface area contributed by atoms with Gasteiger partial charge in [-0.15, -0.1) is 0 Å². The molecule has 12 heteroatoms. The number of aromatic nitrogens is 4. The minimum atomic E-state index is -0.245. The highest BCUT2D eigenvalue weighted by Gasteiger charge is 2.14. The van der Waals surface area contributed by atoms with E-state index in [2.05, 4.69) is 51.8 Å². The van der Waals surface area contributed by atoms with E-state index in [1.807, 2.05) is 7.05 Å². The molecular weight excluding hydrogens is 486 g/mol. The molecule has 10 nitrogen and oxygen atoms in total. The van der Waals surface area contributed by atoms with E-state index in [9.17, 15) is 14.4 Å². The van der Waals surface area contributed by atoms with Crippen LogP contribution in [0.25, 0.3) is 0 Å². The summed E-state index contributed by atoms with van der Waals surface area (Å²) in [5, 5.41) is 0. The van der Waals surface area contributed by atoms with Crippen molar-refractivity contribution in [2.45, 2.75) is 26.7 Å². The van der Waals surface area contributed by atoms with Gasteiger partial charge in [0.05, 0.1) is 11.4 Å². The summed E-state index contributed by atoms with van der Waals surface area (Å²) in [7, 11) is 1.84. The molecule has 0 unspecified atom stereocenters. The normalized spacial score (nSPS) is 12.8. The number of carbonyl (C=O) groups excluding carboxylic acids is 1. The van der Waals surface area contributed by atoms with E-state index in [0.29, 0.717) is 26.2 Å². The van der Waals surface area contributed by atoms with Crippen LogP contribution in [-0.2, 0) is 4.79 Å². The number of nitrogens with one attached hydrogen (secondary N) is 2. The molecule has 27 heavy (non-hydrogen) atoms. The predicted octanol–water partition coefficient (Wildman–Crippen LogP) is 1.08. The first-order valence-electron chi connectivity index (χ1n) is 7.80. The summed E-state index contributed by atoms with van der Waals surface area (Å²) in [6.45, 7) is 4.37. The van der Waals surface area contributed by atoms with Crippen LogP contribution in [0.3, 0.4) is 0 Å². The van der Waals surface area contributed by atoms with E-state index in [1.54, 1.807) is 18.7 Å². The Labute approximate surface area is 172 Å². The molecule has 0 saturated carbocycles. The van der Waals surface area contributed by atoms with Gasteiger partial charge < -0.3 is 16.4 Å². The van der Waals surface area contributed by atoms with Crippen LogP contribution < -0.4 is 22.6 Å². The maximum absolute atomic E-state index is 10.8. The van der Waals surface area contributed by atoms with E-state index in [1.165, 1.54) is 0 Å². The fourth-order valence-corrected chi connectivity index (χ4v) is 2.34. The van der Waals surface area contributed by atoms with Gasteiger partial charge in [-0.25, -0.2) is 9.97 Å². The van der Waals surface area contributed by atoms with Gasteiger partial charge in [0.15, 0.2) is 0 Å². The summed E-state index contributed by atoms with van der Waals surface area (Å²) in [6, 6.07) is 0. The van der Waals surface area contributed by atoms with Crippen molar-refractivity contribution in [1.82, 2.24) is 24.8 Å². The Kier molecular flexibility index (Phi) is 8.63. The fraction of sp³-hybridized carbons (Fsp3) is 0.400. The summed E-state index contributed by atoms with van der Waals surface area (Å²) in [4.78, 5) is 46.2. The minimum Gasteiger partial charge on any atom is -0.369 e. The Morgan fingerprint density at radius 2 is 1.33 bits per heavy atom. The second-order valence-electron chi connectivity index (χ2n) is 5.62. The van der Waals surface area contributed by atoms with Gasteiger partial charge >= 0.3 is 0 Å². The number of aromatic amines is 2. The van der Waals surface area contributed by atoms with Crippen molar-refractivity contribution < 1.29 is 4.79 Å². The van der Waals surface area contributed by atoms with Gasteiger partial charge in [-0.2, -0.15) is 0 Å². The Morgan fingerprint density at radius 1 is 0.926 bits per heavy atom. The molecular formula is C15H21Br2N7O3. The van der Waals surface area contributed by atoms with Crippen molar-refractivity contribution in [2.24, 2.45) is 0 Å². The second-order valence-corrected chi connectivity index (χ2v) is 7.21. The maximum atomic E-state index is 10.8. The zero-order valence-electron chi connectivity index (χ0n) is 15.1. The number of H-pyrrole nitrogens is 2. The zero-order chi connectivity index (χ0) is 20.7. The van der Waals surface area contributed by atoms with Crippen LogP contribution in [0.1, 0.15) is 24.2 Å². The summed E-state index contributed by atoms with van der Waals surface area (Å²) >= 11 is 6.10. The number of carbonyl (C=O) groups is 1. The number of anilines is 2. The van der Waals surface area contributed by atoms with Crippen LogP contribution in [0.5, 0.6) is 0 Å². The Morgan fingerprint density at radius 3 is 1.56 bits per heavy atom. The van der Waals surface area contributed by atoms with Crippen LogP contribution in [-0.4, -0.2) is 44.3 Å². The third-order valence-electron chi connectivity index (χ3n) is 3.40. The first-order valence-corrected chi connectivity index (χ1v) is 9.39. The third-order valence-corrected chi connectivity index (χ3v) is 5.27. The monoisotopic (exact) mass is 505 g/mol. The van der Waals surface area contributed by atoms with Gasteiger partial charge in [0.2, 0.25) is 17.8 Å². The summed E-state index contributed by atoms with van der Waals surface area (Å²) in [5.74, 6) is 0.580. The molecule has 2 aromatic rings. The van der Waals surface area contributed by atoms with Gasteiger partial charge in [-0.1, -0.05) is 0 Å². The van der Waals surface area contributed by atoms with E-state index in [-0.39, 0.29) is 23.0 Å². The average molecular weight is 507 g/mol. The molecule has 0 radical (unpaired) electrons. The van der Waals surface area contributed by atoms with Crippen molar-refractivity contribution >= 4 is 49.7 Å². The molecule has 1 amide bonds. The molecule has 3 rings (SSSR count). The highest BCUT2D eigenvalue weighted by Crippen LogP contribution is 2.07. The third kappa shape index (κ3) is 7.13. The largest absolute Gasteiger partial charge is 0.369 e. The van der Waals surface area contributed by atoms with Crippen LogP contribution in [0.4, 0.5) is 11.9 Å². The van der Waals surface area contributed by atoms with E-state index in [4.69, 9.17) is 11.5 Å². The number of aryl methyl sites for hydroxylation is 2. The first-order chi connectivity index (χ1) is 12.5. The minimum absolute atomic E-state index is 0.144. The molecule has 6 N–H and O–H groups in total. The Bertz CT molecular complexity index is 863. The number of hydrogen-bond donors (Lipinski definition) is 4. The van der Waals surface area contributed by atoms with Crippen molar-refractivity contribution in [3.05, 3.63) is 41.0 Å². The van der Waals surface area contributed by atoms with Crippen molar-refractivity contribution in [1.29, 1.82) is 0 Å². The SMILES string of the molecule is CN1CCCC1=O.Cc1nc(N)[nH]c(=O)c1Br.Cc1nc(N)[nH]c(=O)c1Br. The lowest BCUT2D eigenvalue weighted by molar-refractivity contribution is -0.126. The molecule has 0 aliphatic carbocycles. The summed E-state index contributed by atoms with van der Waals surface area (Å²) in [6.07, 6.45) is 1.81. The van der Waals surface area contributed by atoms with Crippen LogP contribution in [0.2, 0.25) is 0 Å². The van der Waals surface area contributed by atoms with Gasteiger partial charge in [-0.3, -0.25) is 24.4 Å². The average Bonchev–Trinajstić information content (AvgIpc) is 2.94. The Balaban J connectivity index is 0.000000206. The van der Waals surface area contributed by atoms with Crippen molar-refractivity contribution in [3.8, 4) is 0 Å². The number of hydrogen-bond acceptors (Lipinski definition) is 7. The molecule has 1 fully saturated rings.